The van der Waals surface area contributed by atoms with Gasteiger partial charge < -0.3 is 10.0 Å². The lowest BCUT2D eigenvalue weighted by atomic mass is 9.86. The lowest BCUT2D eigenvalue weighted by molar-refractivity contribution is 0.129. The second-order valence-electron chi connectivity index (χ2n) is 6.95. The molecule has 0 aliphatic carbocycles. The Balaban J connectivity index is 1.58. The van der Waals surface area contributed by atoms with Gasteiger partial charge in [0.1, 0.15) is 11.9 Å². The molecular weight excluding hydrogens is 322 g/mol. The largest absolute Gasteiger partial charge is 0.391 e. The van der Waals surface area contributed by atoms with Crippen LogP contribution in [0.5, 0.6) is 0 Å². The van der Waals surface area contributed by atoms with E-state index >= 15 is 0 Å². The van der Waals surface area contributed by atoms with Crippen molar-refractivity contribution in [1.82, 2.24) is 4.98 Å². The maximum atomic E-state index is 10.8. The fourth-order valence-electron chi connectivity index (χ4n) is 3.82. The van der Waals surface area contributed by atoms with Crippen molar-refractivity contribution in [3.63, 3.8) is 0 Å². The number of piperidine rings is 1. The van der Waals surface area contributed by atoms with Gasteiger partial charge in [0.2, 0.25) is 0 Å². The average Bonchev–Trinajstić information content (AvgIpc) is 2.67. The zero-order valence-corrected chi connectivity index (χ0v) is 14.8. The normalized spacial score (nSPS) is 20.1. The van der Waals surface area contributed by atoms with Crippen LogP contribution >= 0.6 is 0 Å². The fourth-order valence-corrected chi connectivity index (χ4v) is 3.82. The molecule has 1 aliphatic rings. The number of nitriles is 1. The Kier molecular flexibility index (Phi) is 4.32. The van der Waals surface area contributed by atoms with E-state index in [1.807, 2.05) is 30.0 Å². The molecule has 0 radical (unpaired) electrons. The van der Waals surface area contributed by atoms with Crippen molar-refractivity contribution in [2.24, 2.45) is 0 Å². The van der Waals surface area contributed by atoms with E-state index in [4.69, 9.17) is 0 Å². The quantitative estimate of drug-likeness (QED) is 0.769. The highest BCUT2D eigenvalue weighted by molar-refractivity contribution is 5.83. The van der Waals surface area contributed by atoms with Crippen LogP contribution in [-0.4, -0.2) is 29.3 Å². The van der Waals surface area contributed by atoms with Gasteiger partial charge in [0.25, 0.3) is 0 Å². The number of hydrogen-bond donors (Lipinski definition) is 1. The van der Waals surface area contributed by atoms with Crippen molar-refractivity contribution in [2.75, 3.05) is 18.0 Å². The molecule has 0 amide bonds. The summed E-state index contributed by atoms with van der Waals surface area (Å²) in [4.78, 5) is 6.57. The minimum Gasteiger partial charge on any atom is -0.391 e. The highest BCUT2D eigenvalue weighted by atomic mass is 16.3. The third kappa shape index (κ3) is 3.02. The number of hydrogen-bond acceptors (Lipinski definition) is 4. The second kappa shape index (κ2) is 6.78. The van der Waals surface area contributed by atoms with Gasteiger partial charge in [-0.2, -0.15) is 5.26 Å². The monoisotopic (exact) mass is 343 g/mol. The Hall–Kier alpha value is -2.90. The molecule has 4 rings (SSSR count). The molecule has 0 saturated carbocycles. The number of nitrogens with zero attached hydrogens (tertiary/aromatic N) is 3. The van der Waals surface area contributed by atoms with Gasteiger partial charge >= 0.3 is 0 Å². The van der Waals surface area contributed by atoms with Crippen LogP contribution < -0.4 is 4.90 Å². The molecule has 0 spiro atoms. The topological polar surface area (TPSA) is 60.2 Å². The van der Waals surface area contributed by atoms with Gasteiger partial charge in [-0.15, -0.1) is 0 Å². The lowest BCUT2D eigenvalue weighted by Gasteiger charge is -2.37. The molecule has 2 atom stereocenters. The SMILES string of the molecule is Cc1ccc(C#N)c(N2CC[C@H](c3ccc4ccccc4c3)[C@@H](O)C2)n1. The molecule has 1 aromatic heterocycles. The fraction of sp³-hybridized carbons (Fsp3) is 0.273. The van der Waals surface area contributed by atoms with E-state index < -0.39 is 6.10 Å². The Morgan fingerprint density at radius 1 is 1.12 bits per heavy atom. The molecule has 1 N–H and O–H groups in total. The first-order valence-corrected chi connectivity index (χ1v) is 8.95. The number of pyridine rings is 1. The number of anilines is 1. The van der Waals surface area contributed by atoms with Crippen molar-refractivity contribution in [1.29, 1.82) is 5.26 Å². The average molecular weight is 343 g/mol. The summed E-state index contributed by atoms with van der Waals surface area (Å²) in [5, 5.41) is 22.6. The van der Waals surface area contributed by atoms with Crippen LogP contribution in [0.15, 0.2) is 54.6 Å². The van der Waals surface area contributed by atoms with E-state index in [0.717, 1.165) is 18.7 Å². The number of β-amino-alcohol motifs (C(OH)–C–C–N with tert-alkyl or cyclic N) is 1. The van der Waals surface area contributed by atoms with E-state index in [-0.39, 0.29) is 5.92 Å². The molecule has 1 fully saturated rings. The van der Waals surface area contributed by atoms with E-state index in [2.05, 4.69) is 41.4 Å². The first kappa shape index (κ1) is 16.6. The van der Waals surface area contributed by atoms with E-state index in [0.29, 0.717) is 17.9 Å². The van der Waals surface area contributed by atoms with E-state index in [1.165, 1.54) is 16.3 Å². The molecular formula is C22H21N3O. The minimum absolute atomic E-state index is 0.103. The maximum Gasteiger partial charge on any atom is 0.146 e. The van der Waals surface area contributed by atoms with Crippen molar-refractivity contribution >= 4 is 16.6 Å². The van der Waals surface area contributed by atoms with Gasteiger partial charge in [0.15, 0.2) is 0 Å². The summed E-state index contributed by atoms with van der Waals surface area (Å²) in [6, 6.07) is 20.6. The smallest absolute Gasteiger partial charge is 0.146 e. The summed E-state index contributed by atoms with van der Waals surface area (Å²) in [7, 11) is 0. The minimum atomic E-state index is -0.487. The van der Waals surface area contributed by atoms with Crippen LogP contribution in [0.25, 0.3) is 10.8 Å². The number of fused-ring (bicyclic) bond motifs is 1. The second-order valence-corrected chi connectivity index (χ2v) is 6.95. The zero-order chi connectivity index (χ0) is 18.1. The van der Waals surface area contributed by atoms with Gasteiger partial charge in [-0.05, 0) is 41.8 Å². The molecule has 1 saturated heterocycles. The number of aromatic nitrogens is 1. The third-order valence-electron chi connectivity index (χ3n) is 5.22. The van der Waals surface area contributed by atoms with Gasteiger partial charge in [-0.25, -0.2) is 4.98 Å². The van der Waals surface area contributed by atoms with Crippen LogP contribution in [0.4, 0.5) is 5.82 Å². The van der Waals surface area contributed by atoms with Crippen LogP contribution in [0.3, 0.4) is 0 Å². The number of benzene rings is 2. The summed E-state index contributed by atoms with van der Waals surface area (Å²) < 4.78 is 0. The highest BCUT2D eigenvalue weighted by Gasteiger charge is 2.30. The Bertz CT molecular complexity index is 992. The van der Waals surface area contributed by atoms with Gasteiger partial charge in [-0.1, -0.05) is 42.5 Å². The van der Waals surface area contributed by atoms with Crippen LogP contribution in [0.2, 0.25) is 0 Å². The van der Waals surface area contributed by atoms with E-state index in [9.17, 15) is 10.4 Å². The molecule has 2 heterocycles. The standard InChI is InChI=1S/C22H21N3O/c1-15-6-7-19(13-23)22(24-15)25-11-10-20(21(26)14-25)18-9-8-16-4-2-3-5-17(16)12-18/h2-9,12,20-21,26H,10-11,14H2,1H3/t20-,21+/m1/s1. The Morgan fingerprint density at radius 2 is 1.92 bits per heavy atom. The van der Waals surface area contributed by atoms with Crippen molar-refractivity contribution in [3.8, 4) is 6.07 Å². The zero-order valence-electron chi connectivity index (χ0n) is 14.8. The summed E-state index contributed by atoms with van der Waals surface area (Å²) in [5.41, 5.74) is 2.62. The third-order valence-corrected chi connectivity index (χ3v) is 5.22. The van der Waals surface area contributed by atoms with E-state index in [1.54, 1.807) is 6.07 Å². The van der Waals surface area contributed by atoms with Gasteiger partial charge in [0, 0.05) is 24.7 Å². The molecule has 2 aromatic carbocycles. The van der Waals surface area contributed by atoms with Crippen LogP contribution in [0, 0.1) is 18.3 Å². The molecule has 3 aromatic rings. The van der Waals surface area contributed by atoms with Crippen molar-refractivity contribution in [3.05, 3.63) is 71.4 Å². The lowest BCUT2D eigenvalue weighted by Crippen LogP contribution is -2.43. The molecule has 4 nitrogen and oxygen atoms in total. The molecule has 1 aliphatic heterocycles. The van der Waals surface area contributed by atoms with Gasteiger partial charge in [0.05, 0.1) is 11.7 Å². The summed E-state index contributed by atoms with van der Waals surface area (Å²) in [6.45, 7) is 3.19. The number of rotatable bonds is 2. The number of aliphatic hydroxyl groups excluding tert-OH is 1. The molecule has 0 bridgehead atoms. The first-order chi connectivity index (χ1) is 12.7. The Morgan fingerprint density at radius 3 is 2.69 bits per heavy atom. The number of aryl methyl sites for hydroxylation is 1. The molecule has 26 heavy (non-hydrogen) atoms. The highest BCUT2D eigenvalue weighted by Crippen LogP contribution is 2.33. The van der Waals surface area contributed by atoms with Crippen LogP contribution in [-0.2, 0) is 0 Å². The van der Waals surface area contributed by atoms with Crippen molar-refractivity contribution < 1.29 is 5.11 Å². The molecule has 4 heteroatoms. The van der Waals surface area contributed by atoms with Gasteiger partial charge in [-0.3, -0.25) is 0 Å². The maximum absolute atomic E-state index is 10.8. The molecule has 0 unspecified atom stereocenters. The van der Waals surface area contributed by atoms with Crippen LogP contribution in [0.1, 0.15) is 29.2 Å². The first-order valence-electron chi connectivity index (χ1n) is 8.95. The predicted octanol–water partition coefficient (Wildman–Crippen LogP) is 3.77. The summed E-state index contributed by atoms with van der Waals surface area (Å²) in [6.07, 6.45) is 0.346. The summed E-state index contributed by atoms with van der Waals surface area (Å²) >= 11 is 0. The molecule has 130 valence electrons. The number of aliphatic hydroxyl groups is 1. The van der Waals surface area contributed by atoms with Crippen molar-refractivity contribution in [2.45, 2.75) is 25.4 Å². The summed E-state index contributed by atoms with van der Waals surface area (Å²) in [5.74, 6) is 0.787. The predicted molar refractivity (Wildman–Crippen MR) is 103 cm³/mol. The Labute approximate surface area is 153 Å².